The van der Waals surface area contributed by atoms with Crippen molar-refractivity contribution >= 4 is 0 Å². The molecule has 0 atom stereocenters. The molecule has 0 saturated carbocycles. The van der Waals surface area contributed by atoms with Crippen molar-refractivity contribution in [3.63, 3.8) is 0 Å². The van der Waals surface area contributed by atoms with Gasteiger partial charge in [-0.3, -0.25) is 9.88 Å². The Labute approximate surface area is 84.9 Å². The molecule has 0 unspecified atom stereocenters. The first-order chi connectivity index (χ1) is 6.86. The van der Waals surface area contributed by atoms with Crippen molar-refractivity contribution in [3.8, 4) is 0 Å². The summed E-state index contributed by atoms with van der Waals surface area (Å²) in [5, 5.41) is 0. The summed E-state index contributed by atoms with van der Waals surface area (Å²) >= 11 is 0. The summed E-state index contributed by atoms with van der Waals surface area (Å²) in [4.78, 5) is 6.47. The molecule has 0 aliphatic heterocycles. The summed E-state index contributed by atoms with van der Waals surface area (Å²) in [6.07, 6.45) is 1.80. The zero-order chi connectivity index (χ0) is 10.2. The van der Waals surface area contributed by atoms with Gasteiger partial charge in [-0.2, -0.15) is 0 Å². The van der Waals surface area contributed by atoms with Crippen LogP contribution < -0.4 is 11.5 Å². The highest BCUT2D eigenvalue weighted by atomic mass is 15.1. The Bertz CT molecular complexity index is 231. The molecule has 0 amide bonds. The molecule has 1 aromatic rings. The van der Waals surface area contributed by atoms with E-state index in [2.05, 4.69) is 9.88 Å². The summed E-state index contributed by atoms with van der Waals surface area (Å²) in [7, 11) is 0. The monoisotopic (exact) mass is 194 g/mol. The van der Waals surface area contributed by atoms with Gasteiger partial charge in [0.15, 0.2) is 0 Å². The second-order valence-electron chi connectivity index (χ2n) is 3.17. The van der Waals surface area contributed by atoms with Crippen LogP contribution in [-0.2, 0) is 6.54 Å². The predicted molar refractivity (Wildman–Crippen MR) is 57.6 cm³/mol. The quantitative estimate of drug-likeness (QED) is 0.658. The molecule has 78 valence electrons. The molecule has 0 spiro atoms. The Balaban J connectivity index is 2.46. The SMILES string of the molecule is NCCN(CCN)Cc1ccccn1. The zero-order valence-electron chi connectivity index (χ0n) is 8.39. The van der Waals surface area contributed by atoms with Crippen molar-refractivity contribution in [2.75, 3.05) is 26.2 Å². The predicted octanol–water partition coefficient (Wildman–Crippen LogP) is -0.199. The number of hydrogen-bond acceptors (Lipinski definition) is 4. The molecule has 1 rings (SSSR count). The molecular weight excluding hydrogens is 176 g/mol. The molecule has 4 N–H and O–H groups in total. The normalized spacial score (nSPS) is 10.8. The van der Waals surface area contributed by atoms with E-state index in [-0.39, 0.29) is 0 Å². The number of rotatable bonds is 6. The van der Waals surface area contributed by atoms with E-state index in [0.717, 1.165) is 25.3 Å². The van der Waals surface area contributed by atoms with Crippen LogP contribution in [0.25, 0.3) is 0 Å². The summed E-state index contributed by atoms with van der Waals surface area (Å²) < 4.78 is 0. The fourth-order valence-electron chi connectivity index (χ4n) is 1.36. The van der Waals surface area contributed by atoms with Crippen LogP contribution in [0.15, 0.2) is 24.4 Å². The molecule has 4 nitrogen and oxygen atoms in total. The van der Waals surface area contributed by atoms with Crippen molar-refractivity contribution in [2.45, 2.75) is 6.54 Å². The summed E-state index contributed by atoms with van der Waals surface area (Å²) in [6, 6.07) is 5.92. The summed E-state index contributed by atoms with van der Waals surface area (Å²) in [5.41, 5.74) is 12.1. The molecule has 0 radical (unpaired) electrons. The molecule has 0 bridgehead atoms. The van der Waals surface area contributed by atoms with Crippen LogP contribution in [0.5, 0.6) is 0 Å². The van der Waals surface area contributed by atoms with Gasteiger partial charge in [-0.1, -0.05) is 6.07 Å². The van der Waals surface area contributed by atoms with Gasteiger partial charge in [0.1, 0.15) is 0 Å². The fraction of sp³-hybridized carbons (Fsp3) is 0.500. The number of pyridine rings is 1. The van der Waals surface area contributed by atoms with E-state index >= 15 is 0 Å². The van der Waals surface area contributed by atoms with E-state index in [0.29, 0.717) is 13.1 Å². The molecule has 1 heterocycles. The van der Waals surface area contributed by atoms with Crippen molar-refractivity contribution in [1.82, 2.24) is 9.88 Å². The highest BCUT2D eigenvalue weighted by molar-refractivity contribution is 5.03. The van der Waals surface area contributed by atoms with Crippen molar-refractivity contribution in [3.05, 3.63) is 30.1 Å². The average Bonchev–Trinajstić information content (AvgIpc) is 2.20. The van der Waals surface area contributed by atoms with Crippen LogP contribution in [0.1, 0.15) is 5.69 Å². The molecule has 0 aliphatic carbocycles. The number of nitrogens with two attached hydrogens (primary N) is 2. The second kappa shape index (κ2) is 6.48. The topological polar surface area (TPSA) is 68.2 Å². The molecule has 0 aromatic carbocycles. The maximum absolute atomic E-state index is 5.51. The number of nitrogens with zero attached hydrogens (tertiary/aromatic N) is 2. The van der Waals surface area contributed by atoms with Gasteiger partial charge < -0.3 is 11.5 Å². The lowest BCUT2D eigenvalue weighted by atomic mass is 10.3. The van der Waals surface area contributed by atoms with Crippen LogP contribution in [0, 0.1) is 0 Å². The molecule has 1 aromatic heterocycles. The lowest BCUT2D eigenvalue weighted by molar-refractivity contribution is 0.277. The largest absolute Gasteiger partial charge is 0.329 e. The van der Waals surface area contributed by atoms with Crippen LogP contribution in [0.2, 0.25) is 0 Å². The zero-order valence-corrected chi connectivity index (χ0v) is 8.39. The van der Waals surface area contributed by atoms with Crippen LogP contribution in [0.4, 0.5) is 0 Å². The third-order valence-corrected chi connectivity index (χ3v) is 2.00. The molecular formula is C10H18N4. The fourth-order valence-corrected chi connectivity index (χ4v) is 1.36. The van der Waals surface area contributed by atoms with Crippen LogP contribution >= 0.6 is 0 Å². The molecule has 0 fully saturated rings. The highest BCUT2D eigenvalue weighted by Gasteiger charge is 2.03. The smallest absolute Gasteiger partial charge is 0.0543 e. The standard InChI is InChI=1S/C10H18N4/c11-4-7-14(8-5-12)9-10-3-1-2-6-13-10/h1-3,6H,4-5,7-9,11-12H2. The van der Waals surface area contributed by atoms with Crippen molar-refractivity contribution in [1.29, 1.82) is 0 Å². The Morgan fingerprint density at radius 3 is 2.36 bits per heavy atom. The first-order valence-corrected chi connectivity index (χ1v) is 4.89. The summed E-state index contributed by atoms with van der Waals surface area (Å²) in [6.45, 7) is 3.89. The lowest BCUT2D eigenvalue weighted by Gasteiger charge is -2.19. The van der Waals surface area contributed by atoms with Gasteiger partial charge in [0, 0.05) is 38.9 Å². The minimum absolute atomic E-state index is 0.660. The van der Waals surface area contributed by atoms with Crippen molar-refractivity contribution in [2.24, 2.45) is 11.5 Å². The van der Waals surface area contributed by atoms with Gasteiger partial charge in [-0.05, 0) is 12.1 Å². The lowest BCUT2D eigenvalue weighted by Crippen LogP contribution is -2.33. The van der Waals surface area contributed by atoms with Gasteiger partial charge in [0.05, 0.1) is 5.69 Å². The van der Waals surface area contributed by atoms with Gasteiger partial charge in [-0.25, -0.2) is 0 Å². The number of aromatic nitrogens is 1. The van der Waals surface area contributed by atoms with Crippen molar-refractivity contribution < 1.29 is 0 Å². The summed E-state index contributed by atoms with van der Waals surface area (Å²) in [5.74, 6) is 0. The van der Waals surface area contributed by atoms with E-state index < -0.39 is 0 Å². The second-order valence-corrected chi connectivity index (χ2v) is 3.17. The van der Waals surface area contributed by atoms with E-state index in [4.69, 9.17) is 11.5 Å². The Kier molecular flexibility index (Phi) is 5.14. The Hall–Kier alpha value is -0.970. The van der Waals surface area contributed by atoms with Gasteiger partial charge >= 0.3 is 0 Å². The van der Waals surface area contributed by atoms with Gasteiger partial charge in [0.2, 0.25) is 0 Å². The Morgan fingerprint density at radius 1 is 1.14 bits per heavy atom. The third-order valence-electron chi connectivity index (χ3n) is 2.00. The van der Waals surface area contributed by atoms with E-state index in [1.807, 2.05) is 18.2 Å². The molecule has 0 saturated heterocycles. The molecule has 14 heavy (non-hydrogen) atoms. The maximum atomic E-state index is 5.51. The third kappa shape index (κ3) is 3.83. The first-order valence-electron chi connectivity index (χ1n) is 4.89. The molecule has 0 aliphatic rings. The Morgan fingerprint density at radius 2 is 1.86 bits per heavy atom. The minimum atomic E-state index is 0.660. The minimum Gasteiger partial charge on any atom is -0.329 e. The van der Waals surface area contributed by atoms with Crippen LogP contribution in [-0.4, -0.2) is 36.1 Å². The van der Waals surface area contributed by atoms with Crippen LogP contribution in [0.3, 0.4) is 0 Å². The average molecular weight is 194 g/mol. The van der Waals surface area contributed by atoms with E-state index in [1.54, 1.807) is 6.20 Å². The molecule has 4 heteroatoms. The maximum Gasteiger partial charge on any atom is 0.0543 e. The van der Waals surface area contributed by atoms with Gasteiger partial charge in [-0.15, -0.1) is 0 Å². The van der Waals surface area contributed by atoms with Gasteiger partial charge in [0.25, 0.3) is 0 Å². The first kappa shape index (κ1) is 11.1. The highest BCUT2D eigenvalue weighted by Crippen LogP contribution is 1.99. The van der Waals surface area contributed by atoms with E-state index in [1.165, 1.54) is 0 Å². The number of hydrogen-bond donors (Lipinski definition) is 2. The van der Waals surface area contributed by atoms with E-state index in [9.17, 15) is 0 Å².